The summed E-state index contributed by atoms with van der Waals surface area (Å²) in [6.45, 7) is 18.3. The first-order valence-corrected chi connectivity index (χ1v) is 13.8. The van der Waals surface area contributed by atoms with Crippen molar-refractivity contribution in [2.75, 3.05) is 31.2 Å². The van der Waals surface area contributed by atoms with E-state index in [2.05, 4.69) is 74.1 Å². The molecule has 3 heterocycles. The highest BCUT2D eigenvalue weighted by Crippen LogP contribution is 2.26. The van der Waals surface area contributed by atoms with Crippen LogP contribution in [0.2, 0.25) is 0 Å². The highest BCUT2D eigenvalue weighted by atomic mass is 16.5. The van der Waals surface area contributed by atoms with Crippen LogP contribution in [-0.2, 0) is 11.2 Å². The molecule has 0 atom stereocenters. The van der Waals surface area contributed by atoms with E-state index in [0.29, 0.717) is 12.1 Å². The minimum absolute atomic E-state index is 0.632. The SMILES string of the molecule is C=C/C=C\C(=C(C)C)c1nn(-c2ccc(N3CCC(NC4CCOCC4)CC3)cc2)cc1CC.CC. The maximum atomic E-state index is 5.49. The number of rotatable bonds is 8. The molecule has 0 aliphatic carbocycles. The molecule has 0 radical (unpaired) electrons. The van der Waals surface area contributed by atoms with Gasteiger partial charge in [-0.1, -0.05) is 51.2 Å². The van der Waals surface area contributed by atoms with Crippen molar-refractivity contribution in [1.82, 2.24) is 15.1 Å². The molecule has 1 aromatic heterocycles. The largest absolute Gasteiger partial charge is 0.381 e. The van der Waals surface area contributed by atoms with Gasteiger partial charge in [0.15, 0.2) is 0 Å². The molecule has 2 saturated heterocycles. The second-order valence-electron chi connectivity index (χ2n) is 9.64. The van der Waals surface area contributed by atoms with Crippen LogP contribution < -0.4 is 10.2 Å². The van der Waals surface area contributed by atoms with Crippen LogP contribution in [-0.4, -0.2) is 48.2 Å². The summed E-state index contributed by atoms with van der Waals surface area (Å²) in [6, 6.07) is 10.1. The molecule has 0 bridgehead atoms. The lowest BCUT2D eigenvalue weighted by molar-refractivity contribution is 0.0738. The average Bonchev–Trinajstić information content (AvgIpc) is 3.35. The van der Waals surface area contributed by atoms with Gasteiger partial charge in [0.25, 0.3) is 0 Å². The average molecular weight is 491 g/mol. The monoisotopic (exact) mass is 490 g/mol. The Kier molecular flexibility index (Phi) is 11.0. The molecule has 4 rings (SSSR count). The second kappa shape index (κ2) is 14.2. The number of hydrogen-bond donors (Lipinski definition) is 1. The zero-order valence-corrected chi connectivity index (χ0v) is 23.1. The molecule has 2 fully saturated rings. The van der Waals surface area contributed by atoms with E-state index in [1.807, 2.05) is 30.7 Å². The number of aromatic nitrogens is 2. The summed E-state index contributed by atoms with van der Waals surface area (Å²) in [5.41, 5.74) is 7.14. The summed E-state index contributed by atoms with van der Waals surface area (Å²) in [6.07, 6.45) is 13.7. The molecule has 2 aromatic rings. The number of nitrogens with one attached hydrogen (secondary N) is 1. The van der Waals surface area contributed by atoms with Gasteiger partial charge in [-0.3, -0.25) is 0 Å². The summed E-state index contributed by atoms with van der Waals surface area (Å²) in [4.78, 5) is 2.51. The fourth-order valence-corrected chi connectivity index (χ4v) is 4.99. The maximum absolute atomic E-state index is 5.49. The van der Waals surface area contributed by atoms with E-state index in [-0.39, 0.29) is 0 Å². The molecule has 1 aromatic carbocycles. The topological polar surface area (TPSA) is 42.3 Å². The van der Waals surface area contributed by atoms with Crippen molar-refractivity contribution < 1.29 is 4.74 Å². The zero-order valence-electron chi connectivity index (χ0n) is 23.1. The minimum Gasteiger partial charge on any atom is -0.381 e. The van der Waals surface area contributed by atoms with Gasteiger partial charge in [0, 0.05) is 55.8 Å². The summed E-state index contributed by atoms with van der Waals surface area (Å²) in [7, 11) is 0. The molecule has 2 aliphatic heterocycles. The lowest BCUT2D eigenvalue weighted by Crippen LogP contribution is -2.47. The predicted octanol–water partition coefficient (Wildman–Crippen LogP) is 6.73. The molecule has 0 spiro atoms. The Hall–Kier alpha value is -2.63. The fourth-order valence-electron chi connectivity index (χ4n) is 4.99. The Morgan fingerprint density at radius 3 is 2.22 bits per heavy atom. The summed E-state index contributed by atoms with van der Waals surface area (Å²) < 4.78 is 7.51. The van der Waals surface area contributed by atoms with Gasteiger partial charge < -0.3 is 15.0 Å². The fraction of sp³-hybridized carbons (Fsp3) is 0.516. The van der Waals surface area contributed by atoms with Crippen LogP contribution >= 0.6 is 0 Å². The number of hydrogen-bond acceptors (Lipinski definition) is 4. The van der Waals surface area contributed by atoms with Gasteiger partial charge in [0.05, 0.1) is 11.4 Å². The van der Waals surface area contributed by atoms with E-state index >= 15 is 0 Å². The third-order valence-electron chi connectivity index (χ3n) is 7.03. The van der Waals surface area contributed by atoms with Crippen LogP contribution in [0.25, 0.3) is 11.3 Å². The Balaban J connectivity index is 0.00000176. The zero-order chi connectivity index (χ0) is 25.9. The summed E-state index contributed by atoms with van der Waals surface area (Å²) in [5.74, 6) is 0. The van der Waals surface area contributed by atoms with Crippen molar-refractivity contribution in [3.63, 3.8) is 0 Å². The van der Waals surface area contributed by atoms with E-state index in [1.54, 1.807) is 0 Å². The van der Waals surface area contributed by atoms with Crippen molar-refractivity contribution in [1.29, 1.82) is 0 Å². The van der Waals surface area contributed by atoms with Gasteiger partial charge >= 0.3 is 0 Å². The lowest BCUT2D eigenvalue weighted by atomic mass is 10.0. The van der Waals surface area contributed by atoms with E-state index < -0.39 is 0 Å². The first-order valence-electron chi connectivity index (χ1n) is 13.8. The van der Waals surface area contributed by atoms with Crippen LogP contribution in [0.4, 0.5) is 5.69 Å². The normalized spacial score (nSPS) is 17.1. The van der Waals surface area contributed by atoms with Gasteiger partial charge in [0.2, 0.25) is 0 Å². The van der Waals surface area contributed by atoms with E-state index in [0.717, 1.165) is 56.9 Å². The van der Waals surface area contributed by atoms with Crippen LogP contribution in [0.3, 0.4) is 0 Å². The van der Waals surface area contributed by atoms with E-state index in [4.69, 9.17) is 9.84 Å². The van der Waals surface area contributed by atoms with Gasteiger partial charge in [-0.2, -0.15) is 5.10 Å². The highest BCUT2D eigenvalue weighted by Gasteiger charge is 2.23. The highest BCUT2D eigenvalue weighted by molar-refractivity contribution is 5.76. The van der Waals surface area contributed by atoms with Gasteiger partial charge in [-0.05, 0) is 75.8 Å². The van der Waals surface area contributed by atoms with Crippen LogP contribution in [0, 0.1) is 0 Å². The number of ether oxygens (including phenoxy) is 1. The first-order chi connectivity index (χ1) is 17.6. The van der Waals surface area contributed by atoms with Crippen molar-refractivity contribution in [2.45, 2.75) is 78.8 Å². The van der Waals surface area contributed by atoms with E-state index in [1.165, 1.54) is 35.2 Å². The number of piperidine rings is 1. The molecule has 0 amide bonds. The summed E-state index contributed by atoms with van der Waals surface area (Å²) in [5, 5.41) is 8.85. The minimum atomic E-state index is 0.632. The lowest BCUT2D eigenvalue weighted by Gasteiger charge is -2.36. The Bertz CT molecular complexity index is 1000. The van der Waals surface area contributed by atoms with Gasteiger partial charge in [-0.15, -0.1) is 0 Å². The third kappa shape index (κ3) is 7.21. The Morgan fingerprint density at radius 1 is 1.03 bits per heavy atom. The predicted molar refractivity (Wildman–Crippen MR) is 154 cm³/mol. The molecular formula is C31H46N4O. The molecule has 36 heavy (non-hydrogen) atoms. The number of nitrogens with zero attached hydrogens (tertiary/aromatic N) is 3. The Labute approximate surface area is 218 Å². The number of aryl methyl sites for hydroxylation is 1. The standard InChI is InChI=1S/C29H40N4O.C2H6/c1-5-7-8-28(22(3)4)29-23(6-2)21-33(31-29)27-11-9-26(10-12-27)32-17-13-24(14-18-32)30-25-15-19-34-20-16-25;1-2/h5,7-12,21,24-25,30H,1,6,13-20H2,2-4H3;1-2H3/b8-7-;. The first kappa shape index (κ1) is 27.9. The van der Waals surface area contributed by atoms with Crippen molar-refractivity contribution >= 4 is 11.3 Å². The Morgan fingerprint density at radius 2 is 1.64 bits per heavy atom. The van der Waals surface area contributed by atoms with E-state index in [9.17, 15) is 0 Å². The van der Waals surface area contributed by atoms with Crippen molar-refractivity contribution in [3.05, 3.63) is 72.1 Å². The smallest absolute Gasteiger partial charge is 0.0958 e. The summed E-state index contributed by atoms with van der Waals surface area (Å²) >= 11 is 0. The van der Waals surface area contributed by atoms with Crippen molar-refractivity contribution in [3.8, 4) is 5.69 Å². The molecule has 196 valence electrons. The molecule has 1 N–H and O–H groups in total. The van der Waals surface area contributed by atoms with Crippen LogP contribution in [0.1, 0.15) is 71.6 Å². The third-order valence-corrected chi connectivity index (χ3v) is 7.03. The van der Waals surface area contributed by atoms with Crippen molar-refractivity contribution in [2.24, 2.45) is 0 Å². The number of benzene rings is 1. The van der Waals surface area contributed by atoms with Gasteiger partial charge in [-0.25, -0.2) is 4.68 Å². The number of anilines is 1. The molecular weight excluding hydrogens is 444 g/mol. The molecule has 5 nitrogen and oxygen atoms in total. The quantitative estimate of drug-likeness (QED) is 0.416. The molecule has 5 heteroatoms. The van der Waals surface area contributed by atoms with Gasteiger partial charge in [0.1, 0.15) is 0 Å². The van der Waals surface area contributed by atoms with Crippen LogP contribution in [0.5, 0.6) is 0 Å². The number of allylic oxidation sites excluding steroid dienone is 5. The molecule has 0 saturated carbocycles. The molecule has 2 aliphatic rings. The molecule has 0 unspecified atom stereocenters. The second-order valence-corrected chi connectivity index (χ2v) is 9.64. The van der Waals surface area contributed by atoms with Crippen LogP contribution in [0.15, 0.2) is 60.8 Å². The maximum Gasteiger partial charge on any atom is 0.0958 e.